The predicted molar refractivity (Wildman–Crippen MR) is 115 cm³/mol. The van der Waals surface area contributed by atoms with Crippen LogP contribution in [0.3, 0.4) is 0 Å². The van der Waals surface area contributed by atoms with Crippen LogP contribution in [0.15, 0.2) is 29.3 Å². The maximum Gasteiger partial charge on any atom is 0.191 e. The molecule has 1 saturated heterocycles. The third-order valence-electron chi connectivity index (χ3n) is 4.61. The van der Waals surface area contributed by atoms with E-state index in [-0.39, 0.29) is 12.4 Å². The van der Waals surface area contributed by atoms with Gasteiger partial charge in [0, 0.05) is 50.5 Å². The van der Waals surface area contributed by atoms with Gasteiger partial charge in [0.2, 0.25) is 0 Å². The Balaban J connectivity index is 1.61. The Hall–Kier alpha value is -1.35. The molecule has 28 heavy (non-hydrogen) atoms. The molecule has 0 amide bonds. The number of nitrogens with one attached hydrogen (secondary N) is 2. The molecule has 0 saturated carbocycles. The molecule has 0 bridgehead atoms. The summed E-state index contributed by atoms with van der Waals surface area (Å²) in [6, 6.07) is 8.42. The van der Waals surface area contributed by atoms with Crippen molar-refractivity contribution in [2.24, 2.45) is 4.99 Å². The summed E-state index contributed by atoms with van der Waals surface area (Å²) in [7, 11) is -1.22. The summed E-state index contributed by atoms with van der Waals surface area (Å²) in [5.74, 6) is 0.803. The molecule has 0 aromatic heterocycles. The molecule has 0 aliphatic carbocycles. The van der Waals surface area contributed by atoms with Crippen LogP contribution >= 0.6 is 11.6 Å². The first-order chi connectivity index (χ1) is 13.4. The number of guanidine groups is 1. The van der Waals surface area contributed by atoms with E-state index in [0.29, 0.717) is 19.2 Å². The molecule has 0 atom stereocenters. The lowest BCUT2D eigenvalue weighted by Gasteiger charge is -2.33. The number of sulfone groups is 1. The first-order valence-corrected chi connectivity index (χ1v) is 12.0. The average Bonchev–Trinajstić information content (AvgIpc) is 2.66. The number of ether oxygens (including phenoxy) is 1. The monoisotopic (exact) mass is 430 g/mol. The Morgan fingerprint density at radius 2 is 1.93 bits per heavy atom. The van der Waals surface area contributed by atoms with Crippen molar-refractivity contribution in [1.29, 1.82) is 0 Å². The minimum Gasteiger partial charge on any atom is -0.379 e. The van der Waals surface area contributed by atoms with Crippen LogP contribution in [0.1, 0.15) is 18.4 Å². The number of benzene rings is 1. The second-order valence-electron chi connectivity index (χ2n) is 7.06. The highest BCUT2D eigenvalue weighted by Gasteiger charge is 2.20. The molecule has 1 aliphatic heterocycles. The summed E-state index contributed by atoms with van der Waals surface area (Å²) >= 11 is 5.94. The molecule has 0 radical (unpaired) electrons. The van der Waals surface area contributed by atoms with Crippen LogP contribution in [0.2, 0.25) is 5.02 Å². The summed E-state index contributed by atoms with van der Waals surface area (Å²) in [5.41, 5.74) is 1.28. The maximum absolute atomic E-state index is 11.0. The van der Waals surface area contributed by atoms with Gasteiger partial charge in [-0.15, -0.1) is 0 Å². The lowest BCUT2D eigenvalue weighted by Crippen LogP contribution is -2.49. The molecule has 1 aromatic rings. The van der Waals surface area contributed by atoms with E-state index in [4.69, 9.17) is 16.3 Å². The van der Waals surface area contributed by atoms with Gasteiger partial charge >= 0.3 is 0 Å². The molecule has 2 N–H and O–H groups in total. The summed E-state index contributed by atoms with van der Waals surface area (Å²) in [4.78, 5) is 6.70. The molecule has 1 fully saturated rings. The van der Waals surface area contributed by atoms with Crippen molar-refractivity contribution in [1.82, 2.24) is 15.5 Å². The van der Waals surface area contributed by atoms with Crippen LogP contribution in [0.25, 0.3) is 0 Å². The van der Waals surface area contributed by atoms with Crippen molar-refractivity contribution in [2.75, 3.05) is 51.9 Å². The predicted octanol–water partition coefficient (Wildman–Crippen LogP) is 1.53. The van der Waals surface area contributed by atoms with E-state index in [0.717, 1.165) is 43.5 Å². The van der Waals surface area contributed by atoms with E-state index in [1.807, 2.05) is 12.1 Å². The third-order valence-corrected chi connectivity index (χ3v) is 5.77. The SMILES string of the molecule is CN=C(NCCOCCS(C)(=O)=O)NC1CCN(Cc2ccc(Cl)cc2)CC1. The lowest BCUT2D eigenvalue weighted by atomic mass is 10.0. The lowest BCUT2D eigenvalue weighted by molar-refractivity contribution is 0.153. The van der Waals surface area contributed by atoms with Crippen LogP contribution in [-0.4, -0.2) is 77.2 Å². The third kappa shape index (κ3) is 9.23. The van der Waals surface area contributed by atoms with E-state index in [2.05, 4.69) is 32.7 Å². The number of rotatable bonds is 9. The van der Waals surface area contributed by atoms with Crippen molar-refractivity contribution in [2.45, 2.75) is 25.4 Å². The number of nitrogens with zero attached hydrogens (tertiary/aromatic N) is 2. The van der Waals surface area contributed by atoms with E-state index < -0.39 is 9.84 Å². The van der Waals surface area contributed by atoms with Crippen molar-refractivity contribution in [3.63, 3.8) is 0 Å². The van der Waals surface area contributed by atoms with Gasteiger partial charge in [-0.1, -0.05) is 23.7 Å². The molecule has 1 heterocycles. The molecule has 7 nitrogen and oxygen atoms in total. The van der Waals surface area contributed by atoms with Gasteiger partial charge in [0.25, 0.3) is 0 Å². The molecule has 1 aliphatic rings. The molecule has 9 heteroatoms. The number of halogens is 1. The van der Waals surface area contributed by atoms with Crippen molar-refractivity contribution in [3.8, 4) is 0 Å². The Kier molecular flexibility index (Phi) is 9.50. The van der Waals surface area contributed by atoms with Gasteiger partial charge in [0.15, 0.2) is 5.96 Å². The zero-order chi connectivity index (χ0) is 20.4. The number of hydrogen-bond acceptors (Lipinski definition) is 5. The quantitative estimate of drug-likeness (QED) is 0.351. The maximum atomic E-state index is 11.0. The van der Waals surface area contributed by atoms with Gasteiger partial charge in [0.05, 0.1) is 19.0 Å². The van der Waals surface area contributed by atoms with Crippen LogP contribution in [-0.2, 0) is 21.1 Å². The van der Waals surface area contributed by atoms with E-state index >= 15 is 0 Å². The minimum atomic E-state index is -2.97. The first kappa shape index (κ1) is 22.9. The fourth-order valence-corrected chi connectivity index (χ4v) is 3.57. The standard InChI is InChI=1S/C19H31ClN4O3S/c1-21-19(22-9-12-27-13-14-28(2,25)26)23-18-7-10-24(11-8-18)15-16-3-5-17(20)6-4-16/h3-6,18H,7-15H2,1-2H3,(H2,21,22,23). The van der Waals surface area contributed by atoms with Crippen molar-refractivity contribution >= 4 is 27.4 Å². The summed E-state index contributed by atoms with van der Waals surface area (Å²) < 4.78 is 27.4. The van der Waals surface area contributed by atoms with Gasteiger partial charge in [-0.2, -0.15) is 0 Å². The highest BCUT2D eigenvalue weighted by Crippen LogP contribution is 2.15. The fourth-order valence-electron chi connectivity index (χ4n) is 3.03. The van der Waals surface area contributed by atoms with Gasteiger partial charge in [-0.05, 0) is 30.5 Å². The smallest absolute Gasteiger partial charge is 0.191 e. The van der Waals surface area contributed by atoms with Crippen LogP contribution < -0.4 is 10.6 Å². The Morgan fingerprint density at radius 3 is 2.54 bits per heavy atom. The Bertz CT molecular complexity index is 717. The van der Waals surface area contributed by atoms with E-state index in [9.17, 15) is 8.42 Å². The first-order valence-electron chi connectivity index (χ1n) is 9.55. The van der Waals surface area contributed by atoms with Gasteiger partial charge in [-0.25, -0.2) is 8.42 Å². The molecule has 0 unspecified atom stereocenters. The fraction of sp³-hybridized carbons (Fsp3) is 0.632. The summed E-state index contributed by atoms with van der Waals surface area (Å²) in [6.07, 6.45) is 3.32. The van der Waals surface area contributed by atoms with E-state index in [1.165, 1.54) is 11.8 Å². The summed E-state index contributed by atoms with van der Waals surface area (Å²) in [5, 5.41) is 7.43. The van der Waals surface area contributed by atoms with Crippen molar-refractivity contribution < 1.29 is 13.2 Å². The molecule has 2 rings (SSSR count). The normalized spacial score (nSPS) is 16.9. The Morgan fingerprint density at radius 1 is 1.25 bits per heavy atom. The number of likely N-dealkylation sites (tertiary alicyclic amines) is 1. The number of hydrogen-bond donors (Lipinski definition) is 2. The van der Waals surface area contributed by atoms with Gasteiger partial charge in [-0.3, -0.25) is 9.89 Å². The minimum absolute atomic E-state index is 0.0502. The van der Waals surface area contributed by atoms with Crippen LogP contribution in [0.4, 0.5) is 0 Å². The zero-order valence-corrected chi connectivity index (χ0v) is 18.2. The Labute approximate surface area is 173 Å². The molecular weight excluding hydrogens is 400 g/mol. The molecular formula is C19H31ClN4O3S. The van der Waals surface area contributed by atoms with Crippen molar-refractivity contribution in [3.05, 3.63) is 34.9 Å². The highest BCUT2D eigenvalue weighted by molar-refractivity contribution is 7.90. The second kappa shape index (κ2) is 11.6. The largest absolute Gasteiger partial charge is 0.379 e. The summed E-state index contributed by atoms with van der Waals surface area (Å²) in [6.45, 7) is 4.26. The average molecular weight is 431 g/mol. The topological polar surface area (TPSA) is 83.0 Å². The van der Waals surface area contributed by atoms with Crippen LogP contribution in [0.5, 0.6) is 0 Å². The molecule has 158 valence electrons. The molecule has 1 aromatic carbocycles. The van der Waals surface area contributed by atoms with E-state index in [1.54, 1.807) is 7.05 Å². The zero-order valence-electron chi connectivity index (χ0n) is 16.7. The second-order valence-corrected chi connectivity index (χ2v) is 9.76. The highest BCUT2D eigenvalue weighted by atomic mass is 35.5. The van der Waals surface area contributed by atoms with Gasteiger partial charge in [0.1, 0.15) is 9.84 Å². The molecule has 0 spiro atoms. The van der Waals surface area contributed by atoms with Gasteiger partial charge < -0.3 is 15.4 Å². The number of piperidine rings is 1. The van der Waals surface area contributed by atoms with Crippen LogP contribution in [0, 0.1) is 0 Å². The number of aliphatic imine (C=N–C) groups is 1.